The van der Waals surface area contributed by atoms with E-state index in [1.807, 2.05) is 0 Å². The maximum Gasteiger partial charge on any atom is 0.359 e. The number of hydrogen-bond donors (Lipinski definition) is 0. The van der Waals surface area contributed by atoms with E-state index < -0.39 is 27.5 Å². The predicted octanol–water partition coefficient (Wildman–Crippen LogP) is 5.81. The van der Waals surface area contributed by atoms with Crippen LogP contribution in [0.15, 0.2) is 72.0 Å². The van der Waals surface area contributed by atoms with Crippen LogP contribution in [0.1, 0.15) is 32.8 Å². The third-order valence-corrected chi connectivity index (χ3v) is 7.73. The second-order valence-electron chi connectivity index (χ2n) is 9.38. The van der Waals surface area contributed by atoms with E-state index in [0.717, 1.165) is 12.1 Å². The fourth-order valence-corrected chi connectivity index (χ4v) is 5.03. The van der Waals surface area contributed by atoms with Crippen LogP contribution >= 0.6 is 23.5 Å². The average molecular weight is 575 g/mol. The van der Waals surface area contributed by atoms with Gasteiger partial charge in [-0.2, -0.15) is 0 Å². The van der Waals surface area contributed by atoms with Crippen LogP contribution in [0.4, 0.5) is 10.1 Å². The summed E-state index contributed by atoms with van der Waals surface area (Å²) in [6, 6.07) is 10.4. The summed E-state index contributed by atoms with van der Waals surface area (Å²) < 4.78 is 24.9. The Labute approximate surface area is 233 Å². The van der Waals surface area contributed by atoms with Crippen molar-refractivity contribution in [3.05, 3.63) is 93.5 Å². The summed E-state index contributed by atoms with van der Waals surface area (Å²) in [6.07, 6.45) is 1.81. The summed E-state index contributed by atoms with van der Waals surface area (Å²) in [4.78, 5) is 51.0. The molecule has 1 fully saturated rings. The minimum absolute atomic E-state index is 0.119. The highest BCUT2D eigenvalue weighted by Gasteiger charge is 2.44. The second-order valence-corrected chi connectivity index (χ2v) is 11.5. The first-order valence-electron chi connectivity index (χ1n) is 11.8. The first-order chi connectivity index (χ1) is 18.4. The van der Waals surface area contributed by atoms with E-state index in [1.165, 1.54) is 53.1 Å². The lowest BCUT2D eigenvalue weighted by Crippen LogP contribution is -2.52. The summed E-state index contributed by atoms with van der Waals surface area (Å²) in [5, 5.41) is 9.96. The normalized spacial score (nSPS) is 15.6. The Morgan fingerprint density at radius 3 is 2.36 bits per heavy atom. The summed E-state index contributed by atoms with van der Waals surface area (Å²) in [7, 11) is 0. The molecule has 0 aromatic heterocycles. The molecular weight excluding hydrogens is 547 g/mol. The van der Waals surface area contributed by atoms with Gasteiger partial charge in [0.05, 0.1) is 16.7 Å². The lowest BCUT2D eigenvalue weighted by Gasteiger charge is -2.40. The number of amides is 1. The van der Waals surface area contributed by atoms with E-state index in [0.29, 0.717) is 23.1 Å². The number of esters is 1. The smallest absolute Gasteiger partial charge is 0.359 e. The van der Waals surface area contributed by atoms with Crippen LogP contribution in [0.25, 0.3) is 0 Å². The topological polar surface area (TPSA) is 116 Å². The van der Waals surface area contributed by atoms with E-state index in [9.17, 15) is 28.9 Å². The number of likely N-dealkylation sites (tertiary alicyclic amines) is 1. The molecule has 0 radical (unpaired) electrons. The first-order valence-corrected chi connectivity index (χ1v) is 13.6. The average Bonchev–Trinajstić information content (AvgIpc) is 2.88. The summed E-state index contributed by atoms with van der Waals surface area (Å²) >= 11 is 2.02. The Morgan fingerprint density at radius 2 is 1.82 bits per heavy atom. The van der Waals surface area contributed by atoms with Gasteiger partial charge in [-0.3, -0.25) is 24.6 Å². The van der Waals surface area contributed by atoms with Crippen LogP contribution in [-0.2, 0) is 25.7 Å². The molecule has 0 saturated carbocycles. The molecule has 2 aromatic carbocycles. The number of nitrogens with zero attached hydrogens (tertiary/aromatic N) is 2. The molecule has 12 heteroatoms. The molecule has 9 nitrogen and oxygen atoms in total. The fraction of sp³-hybridized carbons (Fsp3) is 0.296. The number of hydrogen-bond acceptors (Lipinski definition) is 9. The number of halogens is 1. The van der Waals surface area contributed by atoms with Crippen molar-refractivity contribution in [1.82, 2.24) is 4.90 Å². The Kier molecular flexibility index (Phi) is 9.92. The van der Waals surface area contributed by atoms with E-state index >= 15 is 0 Å². The molecule has 3 rings (SSSR count). The number of rotatable bonds is 11. The molecule has 1 saturated heterocycles. The van der Waals surface area contributed by atoms with Gasteiger partial charge in [-0.25, -0.2) is 9.18 Å². The van der Waals surface area contributed by atoms with Crippen molar-refractivity contribution in [3.63, 3.8) is 0 Å². The number of thioether (sulfide) groups is 2. The number of benzene rings is 2. The van der Waals surface area contributed by atoms with Gasteiger partial charge in [-0.1, -0.05) is 26.8 Å². The van der Waals surface area contributed by atoms with E-state index in [1.54, 1.807) is 26.8 Å². The van der Waals surface area contributed by atoms with Crippen molar-refractivity contribution < 1.29 is 33.2 Å². The van der Waals surface area contributed by atoms with Gasteiger partial charge in [0.15, 0.2) is 10.8 Å². The molecule has 0 N–H and O–H groups in total. The molecule has 39 heavy (non-hydrogen) atoms. The lowest BCUT2D eigenvalue weighted by molar-refractivity contribution is -0.384. The van der Waals surface area contributed by atoms with Gasteiger partial charge in [-0.15, -0.1) is 18.3 Å². The largest absolute Gasteiger partial charge is 0.456 e. The van der Waals surface area contributed by atoms with Gasteiger partial charge in [0.1, 0.15) is 18.2 Å². The minimum Gasteiger partial charge on any atom is -0.456 e. The third-order valence-electron chi connectivity index (χ3n) is 5.28. The van der Waals surface area contributed by atoms with E-state index in [4.69, 9.17) is 9.47 Å². The van der Waals surface area contributed by atoms with Crippen LogP contribution in [-0.4, -0.2) is 37.9 Å². The maximum atomic E-state index is 13.5. The zero-order valence-electron chi connectivity index (χ0n) is 21.5. The quantitative estimate of drug-likeness (QED) is 0.0623. The van der Waals surface area contributed by atoms with Crippen molar-refractivity contribution in [2.24, 2.45) is 5.41 Å². The molecule has 1 aliphatic rings. The summed E-state index contributed by atoms with van der Waals surface area (Å²) in [5.41, 5.74) is -0.737. The Morgan fingerprint density at radius 1 is 1.18 bits per heavy atom. The monoisotopic (exact) mass is 574 g/mol. The predicted molar refractivity (Wildman–Crippen MR) is 147 cm³/mol. The van der Waals surface area contributed by atoms with Gasteiger partial charge >= 0.3 is 5.97 Å². The number of ether oxygens (including phenoxy) is 2. The molecule has 1 heterocycles. The Balaban J connectivity index is 2.03. The van der Waals surface area contributed by atoms with Crippen LogP contribution in [0.3, 0.4) is 0 Å². The Hall–Kier alpha value is -3.64. The molecule has 0 aliphatic carbocycles. The standard InChI is InChI=1S/C27H27FN2O7S2/c1-5-14-38-22-15-21(31)29(22)23(24(32)36-16-17-6-10-19(11-7-17)30(34)35)25(39-26(33)27(2,3)4)37-20-12-8-18(28)9-13-20/h5-13,22H,1,14-16H2,2-4H3. The highest BCUT2D eigenvalue weighted by molar-refractivity contribution is 8.16. The minimum atomic E-state index is -0.933. The molecule has 2 aromatic rings. The fourth-order valence-electron chi connectivity index (χ4n) is 3.14. The van der Waals surface area contributed by atoms with Gasteiger partial charge in [-0.05, 0) is 53.7 Å². The van der Waals surface area contributed by atoms with Crippen molar-refractivity contribution in [2.45, 2.75) is 39.2 Å². The van der Waals surface area contributed by atoms with E-state index in [-0.39, 0.29) is 46.3 Å². The summed E-state index contributed by atoms with van der Waals surface area (Å²) in [6.45, 7) is 8.52. The van der Waals surface area contributed by atoms with Crippen LogP contribution in [0.2, 0.25) is 0 Å². The zero-order chi connectivity index (χ0) is 28.7. The second kappa shape index (κ2) is 12.9. The van der Waals surface area contributed by atoms with Crippen LogP contribution in [0.5, 0.6) is 5.75 Å². The number of nitro groups is 1. The highest BCUT2D eigenvalue weighted by atomic mass is 32.2. The zero-order valence-corrected chi connectivity index (χ0v) is 23.2. The maximum absolute atomic E-state index is 13.5. The van der Waals surface area contributed by atoms with Gasteiger partial charge in [0.2, 0.25) is 11.0 Å². The molecule has 1 unspecified atom stereocenters. The number of nitro benzene ring substituents is 1. The van der Waals surface area contributed by atoms with Crippen molar-refractivity contribution >= 4 is 46.2 Å². The van der Waals surface area contributed by atoms with Crippen molar-refractivity contribution in [2.75, 3.05) is 5.75 Å². The Bertz CT molecular complexity index is 1290. The molecule has 0 bridgehead atoms. The molecule has 0 spiro atoms. The van der Waals surface area contributed by atoms with Crippen molar-refractivity contribution in [3.8, 4) is 5.75 Å². The first kappa shape index (κ1) is 29.9. The van der Waals surface area contributed by atoms with Crippen LogP contribution < -0.4 is 4.74 Å². The number of non-ortho nitro benzene ring substituents is 1. The molecular formula is C27H27FN2O7S2. The molecule has 1 amide bonds. The number of carbonyl (C=O) groups is 3. The van der Waals surface area contributed by atoms with Crippen molar-refractivity contribution in [1.29, 1.82) is 0 Å². The molecule has 1 aliphatic heterocycles. The van der Waals surface area contributed by atoms with E-state index in [2.05, 4.69) is 6.58 Å². The highest BCUT2D eigenvalue weighted by Crippen LogP contribution is 2.39. The third kappa shape index (κ3) is 7.93. The number of β-lactam (4-membered cyclic amide) rings is 1. The molecule has 206 valence electrons. The number of carbonyl (C=O) groups excluding carboxylic acids is 3. The van der Waals surface area contributed by atoms with Gasteiger partial charge in [0.25, 0.3) is 5.69 Å². The van der Waals surface area contributed by atoms with Gasteiger partial charge in [0, 0.05) is 23.3 Å². The lowest BCUT2D eigenvalue weighted by atomic mass is 10.00. The SMILES string of the molecule is C=CCSC1CC(=O)N1C(C(=O)OCc1ccc([N+](=O)[O-])cc1)=C(Oc1ccc(F)cc1)SC(=O)C(C)(C)C. The van der Waals surface area contributed by atoms with Crippen LogP contribution in [0, 0.1) is 21.3 Å². The molecule has 1 atom stereocenters. The summed E-state index contributed by atoms with van der Waals surface area (Å²) in [5.74, 6) is -1.17. The van der Waals surface area contributed by atoms with Gasteiger partial charge < -0.3 is 9.47 Å².